The Hall–Kier alpha value is -2.70. The van der Waals surface area contributed by atoms with E-state index in [1.807, 2.05) is 4.90 Å². The number of nitrogens with one attached hydrogen (secondary N) is 1. The molecule has 1 saturated carbocycles. The molecule has 2 amide bonds. The van der Waals surface area contributed by atoms with Gasteiger partial charge in [-0.1, -0.05) is 29.8 Å². The number of aryl methyl sites for hydroxylation is 2. The molecule has 7 heteroatoms. The molecule has 148 valence electrons. The van der Waals surface area contributed by atoms with Gasteiger partial charge in [0.2, 0.25) is 11.8 Å². The largest absolute Gasteiger partial charge is 0.349 e. The van der Waals surface area contributed by atoms with Gasteiger partial charge in [-0.05, 0) is 31.7 Å². The van der Waals surface area contributed by atoms with Gasteiger partial charge in [0.05, 0.1) is 6.54 Å². The highest BCUT2D eigenvalue weighted by Crippen LogP contribution is 2.28. The van der Waals surface area contributed by atoms with Crippen molar-refractivity contribution in [1.82, 2.24) is 25.0 Å². The van der Waals surface area contributed by atoms with Crippen LogP contribution < -0.4 is 5.32 Å². The molecule has 1 aliphatic heterocycles. The van der Waals surface area contributed by atoms with Crippen molar-refractivity contribution in [1.29, 1.82) is 0 Å². The lowest BCUT2D eigenvalue weighted by Gasteiger charge is -2.20. The van der Waals surface area contributed by atoms with Crippen molar-refractivity contribution in [3.63, 3.8) is 0 Å². The van der Waals surface area contributed by atoms with Gasteiger partial charge in [-0.3, -0.25) is 9.59 Å². The van der Waals surface area contributed by atoms with Gasteiger partial charge in [0.1, 0.15) is 5.82 Å². The Kier molecular flexibility index (Phi) is 5.41. The Bertz CT molecular complexity index is 854. The lowest BCUT2D eigenvalue weighted by atomic mass is 10.1. The second-order valence-corrected chi connectivity index (χ2v) is 7.79. The van der Waals surface area contributed by atoms with Crippen LogP contribution in [0.25, 0.3) is 0 Å². The smallest absolute Gasteiger partial charge is 0.223 e. The van der Waals surface area contributed by atoms with E-state index in [9.17, 15) is 9.59 Å². The maximum atomic E-state index is 12.7. The van der Waals surface area contributed by atoms with Gasteiger partial charge in [0, 0.05) is 38.4 Å². The second kappa shape index (κ2) is 8.12. The highest BCUT2D eigenvalue weighted by Gasteiger charge is 2.30. The Morgan fingerprint density at radius 1 is 1.11 bits per heavy atom. The van der Waals surface area contributed by atoms with Crippen LogP contribution >= 0.6 is 0 Å². The number of nitrogens with zero attached hydrogens (tertiary/aromatic N) is 4. The van der Waals surface area contributed by atoms with Crippen molar-refractivity contribution in [2.75, 3.05) is 13.1 Å². The molecule has 1 fully saturated rings. The summed E-state index contributed by atoms with van der Waals surface area (Å²) in [4.78, 5) is 26.5. The Labute approximate surface area is 165 Å². The predicted octanol–water partition coefficient (Wildman–Crippen LogP) is 1.63. The van der Waals surface area contributed by atoms with Gasteiger partial charge in [-0.2, -0.15) is 0 Å². The summed E-state index contributed by atoms with van der Waals surface area (Å²) in [7, 11) is 0. The number of benzene rings is 1. The van der Waals surface area contributed by atoms with Crippen molar-refractivity contribution in [3.8, 4) is 0 Å². The minimum absolute atomic E-state index is 0.110. The molecule has 1 aromatic heterocycles. The molecular weight excluding hydrogens is 354 g/mol. The van der Waals surface area contributed by atoms with Crippen LogP contribution in [-0.2, 0) is 35.5 Å². The monoisotopic (exact) mass is 381 g/mol. The van der Waals surface area contributed by atoms with Crippen molar-refractivity contribution in [2.45, 2.75) is 52.1 Å². The standard InChI is InChI=1S/C21H27N5O2/c1-15-2-4-16(5-3-15)6-9-20(27)25-11-10-18-23-24-19(26(18)13-12-25)14-22-21(28)17-7-8-17/h2-5,17H,6-14H2,1H3,(H,22,28). The van der Waals surface area contributed by atoms with Crippen molar-refractivity contribution < 1.29 is 9.59 Å². The molecule has 1 aliphatic carbocycles. The molecule has 0 unspecified atom stereocenters. The van der Waals surface area contributed by atoms with E-state index in [0.717, 1.165) is 30.9 Å². The quantitative estimate of drug-likeness (QED) is 0.825. The van der Waals surface area contributed by atoms with E-state index in [1.165, 1.54) is 11.1 Å². The van der Waals surface area contributed by atoms with Crippen LogP contribution in [-0.4, -0.2) is 44.6 Å². The molecule has 1 N–H and O–H groups in total. The van der Waals surface area contributed by atoms with Gasteiger partial charge in [-0.25, -0.2) is 0 Å². The zero-order chi connectivity index (χ0) is 19.5. The third-order valence-electron chi connectivity index (χ3n) is 5.57. The van der Waals surface area contributed by atoms with Gasteiger partial charge in [0.15, 0.2) is 5.82 Å². The third kappa shape index (κ3) is 4.40. The fourth-order valence-corrected chi connectivity index (χ4v) is 3.58. The molecule has 0 spiro atoms. The fraction of sp³-hybridized carbons (Fsp3) is 0.524. The minimum atomic E-state index is 0.110. The molecule has 0 saturated heterocycles. The summed E-state index contributed by atoms with van der Waals surface area (Å²) < 4.78 is 2.06. The maximum absolute atomic E-state index is 12.7. The number of hydrogen-bond acceptors (Lipinski definition) is 4. The highest BCUT2D eigenvalue weighted by atomic mass is 16.2. The van der Waals surface area contributed by atoms with Crippen molar-refractivity contribution in [3.05, 3.63) is 47.0 Å². The summed E-state index contributed by atoms with van der Waals surface area (Å²) in [6.45, 7) is 4.47. The average Bonchev–Trinajstić information content (AvgIpc) is 3.51. The Balaban J connectivity index is 1.30. The van der Waals surface area contributed by atoms with E-state index in [2.05, 4.69) is 51.3 Å². The second-order valence-electron chi connectivity index (χ2n) is 7.79. The molecule has 0 bridgehead atoms. The van der Waals surface area contributed by atoms with Crippen LogP contribution in [0.4, 0.5) is 0 Å². The van der Waals surface area contributed by atoms with Crippen LogP contribution in [0.1, 0.15) is 42.0 Å². The molecule has 0 radical (unpaired) electrons. The lowest BCUT2D eigenvalue weighted by molar-refractivity contribution is -0.131. The van der Waals surface area contributed by atoms with Crippen LogP contribution in [0.5, 0.6) is 0 Å². The molecular formula is C21H27N5O2. The van der Waals surface area contributed by atoms with Crippen LogP contribution in [0.15, 0.2) is 24.3 Å². The summed E-state index contributed by atoms with van der Waals surface area (Å²) in [5.41, 5.74) is 2.43. The first-order valence-electron chi connectivity index (χ1n) is 10.1. The SMILES string of the molecule is Cc1ccc(CCC(=O)N2CCc3nnc(CNC(=O)C4CC4)n3CC2)cc1. The van der Waals surface area contributed by atoms with Gasteiger partial charge in [-0.15, -0.1) is 10.2 Å². The van der Waals surface area contributed by atoms with E-state index >= 15 is 0 Å². The zero-order valence-corrected chi connectivity index (χ0v) is 16.4. The lowest BCUT2D eigenvalue weighted by Crippen LogP contribution is -2.34. The van der Waals surface area contributed by atoms with Crippen LogP contribution in [0.2, 0.25) is 0 Å². The van der Waals surface area contributed by atoms with E-state index in [0.29, 0.717) is 39.0 Å². The summed E-state index contributed by atoms with van der Waals surface area (Å²) in [6.07, 6.45) is 3.96. The van der Waals surface area contributed by atoms with Gasteiger partial charge < -0.3 is 14.8 Å². The Morgan fingerprint density at radius 3 is 2.64 bits per heavy atom. The molecule has 1 aromatic carbocycles. The van der Waals surface area contributed by atoms with E-state index < -0.39 is 0 Å². The number of carbonyl (C=O) groups excluding carboxylic acids is 2. The number of hydrogen-bond donors (Lipinski definition) is 1. The minimum Gasteiger partial charge on any atom is -0.349 e. The van der Waals surface area contributed by atoms with Gasteiger partial charge in [0.25, 0.3) is 0 Å². The molecule has 7 nitrogen and oxygen atoms in total. The summed E-state index contributed by atoms with van der Waals surface area (Å²) >= 11 is 0. The first-order valence-corrected chi connectivity index (χ1v) is 10.1. The van der Waals surface area contributed by atoms with Crippen molar-refractivity contribution in [2.24, 2.45) is 5.92 Å². The normalized spacial score (nSPS) is 16.4. The molecule has 2 heterocycles. The molecule has 2 aliphatic rings. The maximum Gasteiger partial charge on any atom is 0.223 e. The zero-order valence-electron chi connectivity index (χ0n) is 16.4. The van der Waals surface area contributed by atoms with E-state index in [1.54, 1.807) is 0 Å². The van der Waals surface area contributed by atoms with Gasteiger partial charge >= 0.3 is 0 Å². The van der Waals surface area contributed by atoms with E-state index in [4.69, 9.17) is 0 Å². The topological polar surface area (TPSA) is 80.1 Å². The summed E-state index contributed by atoms with van der Waals surface area (Å²) in [5, 5.41) is 11.5. The molecule has 2 aromatic rings. The number of rotatable bonds is 6. The highest BCUT2D eigenvalue weighted by molar-refractivity contribution is 5.80. The van der Waals surface area contributed by atoms with Crippen LogP contribution in [0, 0.1) is 12.8 Å². The Morgan fingerprint density at radius 2 is 1.89 bits per heavy atom. The fourth-order valence-electron chi connectivity index (χ4n) is 3.58. The molecule has 4 rings (SSSR count). The summed E-state index contributed by atoms with van der Waals surface area (Å²) in [6, 6.07) is 8.35. The number of carbonyl (C=O) groups is 2. The van der Waals surface area contributed by atoms with E-state index in [-0.39, 0.29) is 17.7 Å². The average molecular weight is 381 g/mol. The van der Waals surface area contributed by atoms with Crippen molar-refractivity contribution >= 4 is 11.8 Å². The molecule has 0 atom stereocenters. The first kappa shape index (κ1) is 18.7. The number of amides is 2. The molecule has 28 heavy (non-hydrogen) atoms. The van der Waals surface area contributed by atoms with Crippen LogP contribution in [0.3, 0.4) is 0 Å². The third-order valence-corrected chi connectivity index (χ3v) is 5.57. The summed E-state index contributed by atoms with van der Waals surface area (Å²) in [5.74, 6) is 2.15. The predicted molar refractivity (Wildman–Crippen MR) is 104 cm³/mol. The number of aromatic nitrogens is 3. The first-order chi connectivity index (χ1) is 13.6. The number of fused-ring (bicyclic) bond motifs is 1.